The predicted molar refractivity (Wildman–Crippen MR) is 62.5 cm³/mol. The topological polar surface area (TPSA) is 32.3 Å². The van der Waals surface area contributed by atoms with Gasteiger partial charge in [-0.15, -0.1) is 0 Å². The maximum absolute atomic E-state index is 9.09. The molecule has 0 aromatic carbocycles. The van der Waals surface area contributed by atoms with E-state index in [4.69, 9.17) is 5.11 Å². The Kier molecular flexibility index (Phi) is 7.20. The normalized spacial score (nSPS) is 14.4. The Morgan fingerprint density at radius 1 is 1.29 bits per heavy atom. The van der Waals surface area contributed by atoms with Gasteiger partial charge in [0.05, 0.1) is 6.61 Å². The van der Waals surface area contributed by atoms with Gasteiger partial charge in [0.15, 0.2) is 0 Å². The number of nitrogens with one attached hydrogen (secondary N) is 1. The maximum atomic E-state index is 9.09. The van der Waals surface area contributed by atoms with Crippen LogP contribution in [0.25, 0.3) is 0 Å². The summed E-state index contributed by atoms with van der Waals surface area (Å²) in [5.74, 6) is 0.765. The molecule has 86 valence electrons. The first-order valence-corrected chi connectivity index (χ1v) is 5.91. The van der Waals surface area contributed by atoms with Gasteiger partial charge >= 0.3 is 0 Å². The van der Waals surface area contributed by atoms with E-state index in [9.17, 15) is 0 Å². The molecule has 14 heavy (non-hydrogen) atoms. The molecule has 0 aromatic heterocycles. The molecule has 0 aliphatic rings. The summed E-state index contributed by atoms with van der Waals surface area (Å²) in [5, 5.41) is 12.5. The second kappa shape index (κ2) is 7.24. The first kappa shape index (κ1) is 13.9. The fourth-order valence-corrected chi connectivity index (χ4v) is 1.42. The van der Waals surface area contributed by atoms with Gasteiger partial charge in [-0.2, -0.15) is 0 Å². The molecular formula is C12H27NO. The average molecular weight is 201 g/mol. The molecule has 0 saturated carbocycles. The molecule has 2 nitrogen and oxygen atoms in total. The van der Waals surface area contributed by atoms with Gasteiger partial charge in [-0.1, -0.05) is 33.1 Å². The first-order chi connectivity index (χ1) is 6.55. The fraction of sp³-hybridized carbons (Fsp3) is 1.00. The zero-order chi connectivity index (χ0) is 11.0. The van der Waals surface area contributed by atoms with Gasteiger partial charge in [0, 0.05) is 5.54 Å². The summed E-state index contributed by atoms with van der Waals surface area (Å²) in [6, 6.07) is 0. The fourth-order valence-electron chi connectivity index (χ4n) is 1.42. The molecule has 0 radical (unpaired) electrons. The van der Waals surface area contributed by atoms with Crippen molar-refractivity contribution in [2.45, 2.75) is 58.9 Å². The SMILES string of the molecule is CCCCC(CC)CNC(C)(C)CO. The monoisotopic (exact) mass is 201 g/mol. The quantitative estimate of drug-likeness (QED) is 0.632. The van der Waals surface area contributed by atoms with Crippen molar-refractivity contribution in [1.29, 1.82) is 0 Å². The Morgan fingerprint density at radius 3 is 2.36 bits per heavy atom. The third kappa shape index (κ3) is 6.39. The Hall–Kier alpha value is -0.0800. The highest BCUT2D eigenvalue weighted by atomic mass is 16.3. The molecule has 0 aromatic rings. The van der Waals surface area contributed by atoms with Gasteiger partial charge < -0.3 is 10.4 Å². The summed E-state index contributed by atoms with van der Waals surface area (Å²) in [7, 11) is 0. The number of hydrogen-bond donors (Lipinski definition) is 2. The Balaban J connectivity index is 3.71. The van der Waals surface area contributed by atoms with Crippen LogP contribution < -0.4 is 5.32 Å². The van der Waals surface area contributed by atoms with Gasteiger partial charge in [-0.3, -0.25) is 0 Å². The number of aliphatic hydroxyl groups is 1. The summed E-state index contributed by atoms with van der Waals surface area (Å²) >= 11 is 0. The van der Waals surface area contributed by atoms with Gasteiger partial charge in [-0.05, 0) is 32.7 Å². The van der Waals surface area contributed by atoms with Crippen LogP contribution in [0.2, 0.25) is 0 Å². The van der Waals surface area contributed by atoms with Crippen molar-refractivity contribution >= 4 is 0 Å². The van der Waals surface area contributed by atoms with Crippen LogP contribution >= 0.6 is 0 Å². The second-order valence-corrected chi connectivity index (χ2v) is 4.84. The van der Waals surface area contributed by atoms with Crippen molar-refractivity contribution in [1.82, 2.24) is 5.32 Å². The van der Waals surface area contributed by atoms with Crippen molar-refractivity contribution in [2.24, 2.45) is 5.92 Å². The minimum atomic E-state index is -0.125. The molecule has 0 saturated heterocycles. The van der Waals surface area contributed by atoms with Gasteiger partial charge in [0.2, 0.25) is 0 Å². The lowest BCUT2D eigenvalue weighted by atomic mass is 9.97. The third-order valence-electron chi connectivity index (χ3n) is 2.81. The molecule has 0 rings (SSSR count). The number of rotatable bonds is 8. The van der Waals surface area contributed by atoms with Crippen molar-refractivity contribution in [3.05, 3.63) is 0 Å². The molecule has 0 spiro atoms. The lowest BCUT2D eigenvalue weighted by Gasteiger charge is -2.26. The maximum Gasteiger partial charge on any atom is 0.0607 e. The van der Waals surface area contributed by atoms with E-state index in [1.165, 1.54) is 25.7 Å². The van der Waals surface area contributed by atoms with Crippen LogP contribution in [0.15, 0.2) is 0 Å². The Bertz CT molecular complexity index is 134. The summed E-state index contributed by atoms with van der Waals surface area (Å²) in [4.78, 5) is 0. The van der Waals surface area contributed by atoms with Gasteiger partial charge in [0.25, 0.3) is 0 Å². The lowest BCUT2D eigenvalue weighted by molar-refractivity contribution is 0.181. The highest BCUT2D eigenvalue weighted by molar-refractivity contribution is 4.77. The highest BCUT2D eigenvalue weighted by Gasteiger charge is 2.16. The van der Waals surface area contributed by atoms with E-state index in [0.29, 0.717) is 0 Å². The zero-order valence-electron chi connectivity index (χ0n) is 10.3. The highest BCUT2D eigenvalue weighted by Crippen LogP contribution is 2.12. The smallest absolute Gasteiger partial charge is 0.0607 e. The van der Waals surface area contributed by atoms with Crippen LogP contribution in [-0.4, -0.2) is 23.8 Å². The van der Waals surface area contributed by atoms with E-state index in [1.54, 1.807) is 0 Å². The van der Waals surface area contributed by atoms with Crippen molar-refractivity contribution in [3.63, 3.8) is 0 Å². The molecule has 0 heterocycles. The minimum absolute atomic E-state index is 0.125. The van der Waals surface area contributed by atoms with Crippen LogP contribution in [0.5, 0.6) is 0 Å². The van der Waals surface area contributed by atoms with E-state index in [-0.39, 0.29) is 12.1 Å². The van der Waals surface area contributed by atoms with E-state index >= 15 is 0 Å². The average Bonchev–Trinajstić information content (AvgIpc) is 2.18. The summed E-state index contributed by atoms with van der Waals surface area (Å²) in [5.41, 5.74) is -0.125. The molecule has 0 aliphatic heterocycles. The van der Waals surface area contributed by atoms with Gasteiger partial charge in [0.1, 0.15) is 0 Å². The summed E-state index contributed by atoms with van der Waals surface area (Å²) < 4.78 is 0. The molecule has 2 heteroatoms. The Morgan fingerprint density at radius 2 is 1.93 bits per heavy atom. The number of hydrogen-bond acceptors (Lipinski definition) is 2. The van der Waals surface area contributed by atoms with E-state index in [0.717, 1.165) is 12.5 Å². The first-order valence-electron chi connectivity index (χ1n) is 5.91. The van der Waals surface area contributed by atoms with E-state index < -0.39 is 0 Å². The molecule has 0 aliphatic carbocycles. The van der Waals surface area contributed by atoms with E-state index in [1.807, 2.05) is 13.8 Å². The lowest BCUT2D eigenvalue weighted by Crippen LogP contribution is -2.44. The van der Waals surface area contributed by atoms with Crippen LogP contribution in [0, 0.1) is 5.92 Å². The minimum Gasteiger partial charge on any atom is -0.394 e. The van der Waals surface area contributed by atoms with Crippen molar-refractivity contribution in [2.75, 3.05) is 13.2 Å². The molecule has 2 N–H and O–H groups in total. The summed E-state index contributed by atoms with van der Waals surface area (Å²) in [6.45, 7) is 9.80. The molecule has 1 unspecified atom stereocenters. The molecule has 0 bridgehead atoms. The predicted octanol–water partition coefficient (Wildman–Crippen LogP) is 2.56. The summed E-state index contributed by atoms with van der Waals surface area (Å²) in [6.07, 6.45) is 5.13. The molecule has 0 fully saturated rings. The van der Waals surface area contributed by atoms with Crippen LogP contribution in [0.1, 0.15) is 53.4 Å². The van der Waals surface area contributed by atoms with Crippen molar-refractivity contribution in [3.8, 4) is 0 Å². The molecular weight excluding hydrogens is 174 g/mol. The third-order valence-corrected chi connectivity index (χ3v) is 2.81. The van der Waals surface area contributed by atoms with Crippen molar-refractivity contribution < 1.29 is 5.11 Å². The standard InChI is InChI=1S/C12H27NO/c1-5-7-8-11(6-2)9-13-12(3,4)10-14/h11,13-14H,5-10H2,1-4H3. The second-order valence-electron chi connectivity index (χ2n) is 4.84. The van der Waals surface area contributed by atoms with Crippen LogP contribution in [0.3, 0.4) is 0 Å². The molecule has 1 atom stereocenters. The largest absolute Gasteiger partial charge is 0.394 e. The van der Waals surface area contributed by atoms with E-state index in [2.05, 4.69) is 19.2 Å². The number of aliphatic hydroxyl groups excluding tert-OH is 1. The molecule has 0 amide bonds. The Labute approximate surface area is 89.1 Å². The van der Waals surface area contributed by atoms with Crippen LogP contribution in [-0.2, 0) is 0 Å². The van der Waals surface area contributed by atoms with Crippen LogP contribution in [0.4, 0.5) is 0 Å². The zero-order valence-corrected chi connectivity index (χ0v) is 10.3. The number of unbranched alkanes of at least 4 members (excludes halogenated alkanes) is 1. The van der Waals surface area contributed by atoms with Gasteiger partial charge in [-0.25, -0.2) is 0 Å².